The summed E-state index contributed by atoms with van der Waals surface area (Å²) in [4.78, 5) is 5.14. The Labute approximate surface area is 328 Å². The third-order valence-electron chi connectivity index (χ3n) is 12.0. The van der Waals surface area contributed by atoms with Crippen LogP contribution in [-0.2, 0) is 4.57 Å². The summed E-state index contributed by atoms with van der Waals surface area (Å²) in [5, 5.41) is 13.0. The number of benzene rings is 10. The molecule has 2 heterocycles. The second kappa shape index (κ2) is 12.2. The van der Waals surface area contributed by atoms with E-state index in [2.05, 4.69) is 144 Å². The average Bonchev–Trinajstić information content (AvgIpc) is 3.69. The van der Waals surface area contributed by atoms with Crippen molar-refractivity contribution >= 4 is 93.7 Å². The van der Waals surface area contributed by atoms with Crippen molar-refractivity contribution in [2.24, 2.45) is 0 Å². The number of para-hydroxylation sites is 3. The number of hydrogen-bond acceptors (Lipinski definition) is 2. The average molecular weight is 745 g/mol. The van der Waals surface area contributed by atoms with Crippen LogP contribution in [0.1, 0.15) is 0 Å². The lowest BCUT2D eigenvalue weighted by atomic mass is 9.89. The fourth-order valence-electron chi connectivity index (χ4n) is 9.35. The van der Waals surface area contributed by atoms with Crippen molar-refractivity contribution in [1.29, 1.82) is 0 Å². The number of imidazole rings is 1. The first-order valence-corrected chi connectivity index (χ1v) is 21.1. The molecule has 3 nitrogen and oxygen atoms in total. The van der Waals surface area contributed by atoms with E-state index in [-0.39, 0.29) is 0 Å². The molecule has 12 aromatic rings. The smallest absolute Gasteiger partial charge is 0.171 e. The fraction of sp³-hybridized carbons (Fsp3) is 0. The second-order valence-electron chi connectivity index (χ2n) is 15.0. The summed E-state index contributed by atoms with van der Waals surface area (Å²) in [5.74, 6) is 0. The molecule has 0 saturated heterocycles. The van der Waals surface area contributed by atoms with Gasteiger partial charge in [-0.15, -0.1) is 0 Å². The molecule has 0 amide bonds. The summed E-state index contributed by atoms with van der Waals surface area (Å²) in [6.07, 6.45) is 0. The number of rotatable bonds is 5. The van der Waals surface area contributed by atoms with Gasteiger partial charge in [-0.3, -0.25) is 4.40 Å². The van der Waals surface area contributed by atoms with Crippen LogP contribution in [0.25, 0.3) is 92.9 Å². The van der Waals surface area contributed by atoms with E-state index in [0.717, 1.165) is 76.3 Å². The Morgan fingerprint density at radius 3 is 1.72 bits per heavy atom. The zero-order valence-electron chi connectivity index (χ0n) is 30.8. The molecule has 2 aromatic heterocycles. The molecule has 0 aliphatic carbocycles. The van der Waals surface area contributed by atoms with Gasteiger partial charge in [0.2, 0.25) is 0 Å². The van der Waals surface area contributed by atoms with Crippen molar-refractivity contribution in [1.82, 2.24) is 9.38 Å². The molecular formula is C53H33N2OP. The molecule has 266 valence electrons. The topological polar surface area (TPSA) is 34.4 Å². The minimum absolute atomic E-state index is 0.842. The normalized spacial score (nSPS) is 12.3. The zero-order valence-corrected chi connectivity index (χ0v) is 31.7. The molecule has 12 rings (SSSR count). The van der Waals surface area contributed by atoms with Crippen molar-refractivity contribution in [2.75, 3.05) is 0 Å². The van der Waals surface area contributed by atoms with Gasteiger partial charge < -0.3 is 4.57 Å². The monoisotopic (exact) mass is 744 g/mol. The van der Waals surface area contributed by atoms with Crippen LogP contribution in [0.15, 0.2) is 200 Å². The minimum Gasteiger partial charge on any atom is -0.309 e. The van der Waals surface area contributed by atoms with Crippen molar-refractivity contribution in [3.05, 3.63) is 200 Å². The SMILES string of the molecule is O=P(c1ccccc1)(c1ccccc1)c1ccc2ccc3c(-c4ccc(-c5ccc6c7ccccc7n7c8ccccc8nc7c6c5)cc4)ccc4ccc1c2c43. The Bertz CT molecular complexity index is 3550. The van der Waals surface area contributed by atoms with Gasteiger partial charge in [-0.25, -0.2) is 4.98 Å². The second-order valence-corrected chi connectivity index (χ2v) is 17.7. The summed E-state index contributed by atoms with van der Waals surface area (Å²) in [5.41, 5.74) is 8.90. The number of pyridine rings is 1. The van der Waals surface area contributed by atoms with Crippen LogP contribution < -0.4 is 15.9 Å². The third kappa shape index (κ3) is 4.67. The molecule has 10 aromatic carbocycles. The molecule has 0 aliphatic heterocycles. The Kier molecular flexibility index (Phi) is 6.90. The Balaban J connectivity index is 1.01. The lowest BCUT2D eigenvalue weighted by Crippen LogP contribution is -2.25. The maximum absolute atomic E-state index is 15.6. The van der Waals surface area contributed by atoms with E-state index in [1.54, 1.807) is 0 Å². The van der Waals surface area contributed by atoms with E-state index in [9.17, 15) is 0 Å². The summed E-state index contributed by atoms with van der Waals surface area (Å²) in [6.45, 7) is 0. The quantitative estimate of drug-likeness (QED) is 0.130. The highest BCUT2D eigenvalue weighted by molar-refractivity contribution is 7.85. The van der Waals surface area contributed by atoms with E-state index < -0.39 is 7.14 Å². The Morgan fingerprint density at radius 1 is 0.404 bits per heavy atom. The molecule has 0 N–H and O–H groups in total. The lowest BCUT2D eigenvalue weighted by molar-refractivity contribution is 0.592. The van der Waals surface area contributed by atoms with Gasteiger partial charge in [0.15, 0.2) is 7.14 Å². The fourth-order valence-corrected chi connectivity index (χ4v) is 12.2. The Morgan fingerprint density at radius 2 is 0.965 bits per heavy atom. The highest BCUT2D eigenvalue weighted by Crippen LogP contribution is 2.47. The molecule has 0 saturated carbocycles. The number of aromatic nitrogens is 2. The van der Waals surface area contributed by atoms with Crippen LogP contribution in [0.2, 0.25) is 0 Å². The van der Waals surface area contributed by atoms with Crippen LogP contribution in [0.4, 0.5) is 0 Å². The molecule has 0 spiro atoms. The molecule has 0 aliphatic rings. The minimum atomic E-state index is -3.19. The molecule has 4 heteroatoms. The molecule has 57 heavy (non-hydrogen) atoms. The number of nitrogens with zero attached hydrogens (tertiary/aromatic N) is 2. The lowest BCUT2D eigenvalue weighted by Gasteiger charge is -2.23. The molecular weight excluding hydrogens is 712 g/mol. The van der Waals surface area contributed by atoms with Crippen molar-refractivity contribution < 1.29 is 4.57 Å². The maximum atomic E-state index is 15.6. The van der Waals surface area contributed by atoms with Gasteiger partial charge in [-0.05, 0) is 90.3 Å². The van der Waals surface area contributed by atoms with Crippen molar-refractivity contribution in [2.45, 2.75) is 0 Å². The van der Waals surface area contributed by atoms with Gasteiger partial charge in [-0.1, -0.05) is 170 Å². The first-order chi connectivity index (χ1) is 28.1. The third-order valence-corrected chi connectivity index (χ3v) is 15.1. The molecule has 0 radical (unpaired) electrons. The number of hydrogen-bond donors (Lipinski definition) is 0. The first-order valence-electron chi connectivity index (χ1n) is 19.4. The van der Waals surface area contributed by atoms with Crippen LogP contribution in [0.3, 0.4) is 0 Å². The van der Waals surface area contributed by atoms with Crippen LogP contribution in [0.5, 0.6) is 0 Å². The van der Waals surface area contributed by atoms with Gasteiger partial charge in [-0.2, -0.15) is 0 Å². The largest absolute Gasteiger partial charge is 0.309 e. The predicted molar refractivity (Wildman–Crippen MR) is 242 cm³/mol. The van der Waals surface area contributed by atoms with E-state index >= 15 is 4.57 Å². The van der Waals surface area contributed by atoms with E-state index in [0.29, 0.717) is 0 Å². The predicted octanol–water partition coefficient (Wildman–Crippen LogP) is 12.7. The van der Waals surface area contributed by atoms with Gasteiger partial charge in [0, 0.05) is 26.7 Å². The zero-order chi connectivity index (χ0) is 37.7. The highest BCUT2D eigenvalue weighted by atomic mass is 31.2. The molecule has 0 bridgehead atoms. The summed E-state index contributed by atoms with van der Waals surface area (Å²) >= 11 is 0. The van der Waals surface area contributed by atoms with Gasteiger partial charge >= 0.3 is 0 Å². The summed E-state index contributed by atoms with van der Waals surface area (Å²) in [7, 11) is -3.19. The van der Waals surface area contributed by atoms with E-state index in [1.165, 1.54) is 32.5 Å². The summed E-state index contributed by atoms with van der Waals surface area (Å²) in [6, 6.07) is 70.3. The molecule has 0 unspecified atom stereocenters. The van der Waals surface area contributed by atoms with E-state index in [1.807, 2.05) is 60.7 Å². The highest BCUT2D eigenvalue weighted by Gasteiger charge is 2.32. The standard InChI is InChI=1S/C53H33N2OP/c56-57(39-11-3-1-4-12-39,40-13-5-2-6-14-40)50-32-27-37-24-30-44-41(28-23-36-25-31-45(50)52(37)51(36)44)35-21-19-34(20-22-35)38-26-29-42-43-15-7-9-17-48(43)55-49-18-10-8-16-47(49)54-53(55)46(42)33-38/h1-33H. The van der Waals surface area contributed by atoms with Crippen molar-refractivity contribution in [3.63, 3.8) is 0 Å². The van der Waals surface area contributed by atoms with Gasteiger partial charge in [0.1, 0.15) is 5.65 Å². The molecule has 0 atom stereocenters. The molecule has 0 fully saturated rings. The van der Waals surface area contributed by atoms with Gasteiger partial charge in [0.05, 0.1) is 16.6 Å². The first kappa shape index (κ1) is 32.2. The van der Waals surface area contributed by atoms with Crippen LogP contribution >= 0.6 is 7.14 Å². The maximum Gasteiger partial charge on any atom is 0.171 e. The number of fused-ring (bicyclic) bond motifs is 8. The van der Waals surface area contributed by atoms with Gasteiger partial charge in [0.25, 0.3) is 0 Å². The van der Waals surface area contributed by atoms with Crippen LogP contribution in [0, 0.1) is 0 Å². The Hall–Kier alpha value is -7.06. The van der Waals surface area contributed by atoms with Crippen molar-refractivity contribution in [3.8, 4) is 22.3 Å². The van der Waals surface area contributed by atoms with Crippen LogP contribution in [-0.4, -0.2) is 9.38 Å². The summed E-state index contributed by atoms with van der Waals surface area (Å²) < 4.78 is 17.9. The van der Waals surface area contributed by atoms with E-state index in [4.69, 9.17) is 4.98 Å².